The summed E-state index contributed by atoms with van der Waals surface area (Å²) in [5.41, 5.74) is 1.28. The zero-order valence-corrected chi connectivity index (χ0v) is 19.9. The fraction of sp³-hybridized carbons (Fsp3) is 0.636. The third-order valence-electron chi connectivity index (χ3n) is 4.91. The molecule has 1 atom stereocenters. The van der Waals surface area contributed by atoms with Crippen LogP contribution >= 0.6 is 24.0 Å². The third kappa shape index (κ3) is 9.26. The summed E-state index contributed by atoms with van der Waals surface area (Å²) in [6.45, 7) is 10.7. The topological polar surface area (TPSA) is 56.7 Å². The van der Waals surface area contributed by atoms with Gasteiger partial charge in [-0.05, 0) is 37.7 Å². The molecule has 0 spiro atoms. The van der Waals surface area contributed by atoms with Gasteiger partial charge in [0.1, 0.15) is 0 Å². The number of benzene rings is 1. The summed E-state index contributed by atoms with van der Waals surface area (Å²) < 4.78 is 0. The minimum absolute atomic E-state index is 0. The molecule has 6 heteroatoms. The maximum atomic E-state index is 12.3. The smallest absolute Gasteiger partial charge is 0.223 e. The molecular formula is C22H37IN4O. The first-order valence-corrected chi connectivity index (χ1v) is 10.4. The Hall–Kier alpha value is -1.31. The molecule has 0 saturated carbocycles. The molecule has 2 rings (SSSR count). The van der Waals surface area contributed by atoms with Crippen LogP contribution in [0.1, 0.15) is 45.6 Å². The van der Waals surface area contributed by atoms with Crippen LogP contribution in [-0.4, -0.2) is 49.5 Å². The highest BCUT2D eigenvalue weighted by Gasteiger charge is 2.28. The molecule has 1 aliphatic heterocycles. The van der Waals surface area contributed by atoms with Crippen LogP contribution in [-0.2, 0) is 11.2 Å². The Balaban J connectivity index is 0.00000392. The molecule has 1 saturated heterocycles. The van der Waals surface area contributed by atoms with Gasteiger partial charge in [-0.15, -0.1) is 24.0 Å². The van der Waals surface area contributed by atoms with E-state index in [0.717, 1.165) is 50.9 Å². The van der Waals surface area contributed by atoms with Gasteiger partial charge in [-0.3, -0.25) is 9.79 Å². The lowest BCUT2D eigenvalue weighted by Gasteiger charge is -2.16. The maximum absolute atomic E-state index is 12.3. The number of carbonyl (C=O) groups excluding carboxylic acids is 1. The number of aliphatic imine (C=N–C) groups is 1. The predicted molar refractivity (Wildman–Crippen MR) is 128 cm³/mol. The maximum Gasteiger partial charge on any atom is 0.223 e. The number of likely N-dealkylation sites (tertiary alicyclic amines) is 1. The molecule has 28 heavy (non-hydrogen) atoms. The van der Waals surface area contributed by atoms with Crippen LogP contribution in [0.25, 0.3) is 0 Å². The number of nitrogens with zero attached hydrogens (tertiary/aromatic N) is 2. The molecule has 1 amide bonds. The second-order valence-electron chi connectivity index (χ2n) is 7.83. The Morgan fingerprint density at radius 2 is 2.00 bits per heavy atom. The molecule has 1 fully saturated rings. The van der Waals surface area contributed by atoms with E-state index in [4.69, 9.17) is 4.99 Å². The van der Waals surface area contributed by atoms with E-state index in [9.17, 15) is 4.79 Å². The van der Waals surface area contributed by atoms with Crippen LogP contribution < -0.4 is 10.6 Å². The normalized spacial score (nSPS) is 17.0. The molecule has 1 aromatic rings. The fourth-order valence-corrected chi connectivity index (χ4v) is 3.38. The highest BCUT2D eigenvalue weighted by Crippen LogP contribution is 2.18. The molecule has 5 nitrogen and oxygen atoms in total. The van der Waals surface area contributed by atoms with Gasteiger partial charge >= 0.3 is 0 Å². The SMILES string of the molecule is CCNC(=NCC1CC(=O)N(CCc2ccccc2)C1)NCCCC(C)C.I. The van der Waals surface area contributed by atoms with Crippen LogP contribution in [0, 0.1) is 11.8 Å². The van der Waals surface area contributed by atoms with Crippen molar-refractivity contribution in [1.29, 1.82) is 0 Å². The Morgan fingerprint density at radius 3 is 2.68 bits per heavy atom. The van der Waals surface area contributed by atoms with Crippen molar-refractivity contribution in [2.24, 2.45) is 16.8 Å². The Morgan fingerprint density at radius 1 is 1.25 bits per heavy atom. The van der Waals surface area contributed by atoms with Crippen molar-refractivity contribution in [2.45, 2.75) is 46.5 Å². The number of halogens is 1. The Kier molecular flexibility index (Phi) is 12.2. The van der Waals surface area contributed by atoms with Gasteiger partial charge in [0.2, 0.25) is 5.91 Å². The molecule has 1 heterocycles. The number of guanidine groups is 1. The minimum atomic E-state index is 0. The van der Waals surface area contributed by atoms with Crippen molar-refractivity contribution in [2.75, 3.05) is 32.7 Å². The van der Waals surface area contributed by atoms with Gasteiger partial charge in [-0.1, -0.05) is 44.2 Å². The van der Waals surface area contributed by atoms with Gasteiger partial charge < -0.3 is 15.5 Å². The van der Waals surface area contributed by atoms with Crippen molar-refractivity contribution in [3.05, 3.63) is 35.9 Å². The molecule has 2 N–H and O–H groups in total. The average molecular weight is 500 g/mol. The van der Waals surface area contributed by atoms with Gasteiger partial charge in [-0.25, -0.2) is 0 Å². The third-order valence-corrected chi connectivity index (χ3v) is 4.91. The molecule has 1 unspecified atom stereocenters. The molecular weight excluding hydrogens is 463 g/mol. The summed E-state index contributed by atoms with van der Waals surface area (Å²) in [6.07, 6.45) is 3.91. The first kappa shape index (κ1) is 24.7. The fourth-order valence-electron chi connectivity index (χ4n) is 3.38. The molecule has 1 aromatic carbocycles. The summed E-state index contributed by atoms with van der Waals surface area (Å²) in [7, 11) is 0. The van der Waals surface area contributed by atoms with Crippen molar-refractivity contribution < 1.29 is 4.79 Å². The van der Waals surface area contributed by atoms with Crippen LogP contribution in [0.15, 0.2) is 35.3 Å². The number of carbonyl (C=O) groups is 1. The van der Waals surface area contributed by atoms with E-state index >= 15 is 0 Å². The first-order chi connectivity index (χ1) is 13.1. The first-order valence-electron chi connectivity index (χ1n) is 10.4. The molecule has 0 radical (unpaired) electrons. The van der Waals surface area contributed by atoms with Gasteiger partial charge in [0.15, 0.2) is 5.96 Å². The van der Waals surface area contributed by atoms with Crippen molar-refractivity contribution >= 4 is 35.8 Å². The molecule has 0 aromatic heterocycles. The van der Waals surface area contributed by atoms with Gasteiger partial charge in [0, 0.05) is 45.1 Å². The van der Waals surface area contributed by atoms with Crippen LogP contribution in [0.4, 0.5) is 0 Å². The lowest BCUT2D eigenvalue weighted by molar-refractivity contribution is -0.127. The number of nitrogens with one attached hydrogen (secondary N) is 2. The summed E-state index contributed by atoms with van der Waals surface area (Å²) in [5.74, 6) is 2.19. The van der Waals surface area contributed by atoms with Crippen LogP contribution in [0.5, 0.6) is 0 Å². The van der Waals surface area contributed by atoms with Gasteiger partial charge in [-0.2, -0.15) is 0 Å². The van der Waals surface area contributed by atoms with E-state index in [-0.39, 0.29) is 29.9 Å². The summed E-state index contributed by atoms with van der Waals surface area (Å²) >= 11 is 0. The minimum Gasteiger partial charge on any atom is -0.357 e. The lowest BCUT2D eigenvalue weighted by atomic mass is 10.1. The monoisotopic (exact) mass is 500 g/mol. The predicted octanol–water partition coefficient (Wildman–Crippen LogP) is 3.69. The van der Waals surface area contributed by atoms with E-state index in [2.05, 4.69) is 55.7 Å². The van der Waals surface area contributed by atoms with Crippen LogP contribution in [0.3, 0.4) is 0 Å². The highest BCUT2D eigenvalue weighted by atomic mass is 127. The van der Waals surface area contributed by atoms with E-state index in [0.29, 0.717) is 18.9 Å². The average Bonchev–Trinajstić information content (AvgIpc) is 3.02. The summed E-state index contributed by atoms with van der Waals surface area (Å²) in [5, 5.41) is 6.71. The molecule has 1 aliphatic rings. The molecule has 158 valence electrons. The molecule has 0 bridgehead atoms. The Labute approximate surface area is 187 Å². The largest absolute Gasteiger partial charge is 0.357 e. The van der Waals surface area contributed by atoms with E-state index in [1.165, 1.54) is 12.0 Å². The summed E-state index contributed by atoms with van der Waals surface area (Å²) in [6, 6.07) is 10.4. The zero-order chi connectivity index (χ0) is 19.5. The Bertz CT molecular complexity index is 591. The van der Waals surface area contributed by atoms with Crippen molar-refractivity contribution in [3.63, 3.8) is 0 Å². The lowest BCUT2D eigenvalue weighted by Crippen LogP contribution is -2.38. The second kappa shape index (κ2) is 13.8. The summed E-state index contributed by atoms with van der Waals surface area (Å²) in [4.78, 5) is 19.0. The second-order valence-corrected chi connectivity index (χ2v) is 7.83. The quantitative estimate of drug-likeness (QED) is 0.223. The van der Waals surface area contributed by atoms with Crippen molar-refractivity contribution in [1.82, 2.24) is 15.5 Å². The number of rotatable bonds is 10. The van der Waals surface area contributed by atoms with E-state index in [1.807, 2.05) is 11.0 Å². The van der Waals surface area contributed by atoms with Gasteiger partial charge in [0.25, 0.3) is 0 Å². The number of hydrogen-bond donors (Lipinski definition) is 2. The van der Waals surface area contributed by atoms with E-state index < -0.39 is 0 Å². The van der Waals surface area contributed by atoms with Gasteiger partial charge in [0.05, 0.1) is 0 Å². The van der Waals surface area contributed by atoms with E-state index in [1.54, 1.807) is 0 Å². The highest BCUT2D eigenvalue weighted by molar-refractivity contribution is 14.0. The molecule has 0 aliphatic carbocycles. The standard InChI is InChI=1S/C22H36N4O.HI/c1-4-23-22(24-13-8-9-18(2)3)25-16-20-15-21(27)26(17-20)14-12-19-10-6-5-7-11-19;/h5-7,10-11,18,20H,4,8-9,12-17H2,1-3H3,(H2,23,24,25);1H. The van der Waals surface area contributed by atoms with Crippen molar-refractivity contribution in [3.8, 4) is 0 Å². The number of hydrogen-bond acceptors (Lipinski definition) is 2. The number of amides is 1. The zero-order valence-electron chi connectivity index (χ0n) is 17.6. The van der Waals surface area contributed by atoms with Crippen LogP contribution in [0.2, 0.25) is 0 Å².